The van der Waals surface area contributed by atoms with Crippen molar-refractivity contribution in [1.29, 1.82) is 0 Å². The van der Waals surface area contributed by atoms with E-state index in [1.54, 1.807) is 0 Å². The van der Waals surface area contributed by atoms with Crippen molar-refractivity contribution in [1.82, 2.24) is 24.1 Å². The normalized spacial score (nSPS) is 20.3. The Kier molecular flexibility index (Phi) is 6.33. The van der Waals surface area contributed by atoms with Crippen molar-refractivity contribution < 1.29 is 9.53 Å². The van der Waals surface area contributed by atoms with Crippen LogP contribution in [0.1, 0.15) is 34.5 Å². The lowest BCUT2D eigenvalue weighted by atomic mass is 10.0. The number of aryl methyl sites for hydroxylation is 1. The largest absolute Gasteiger partial charge is 0.487 e. The molecule has 174 valence electrons. The number of likely N-dealkylation sites (N-methyl/N-ethyl adjacent to an activating group) is 1. The fourth-order valence-corrected chi connectivity index (χ4v) is 4.99. The topological polar surface area (TPSA) is 53.3 Å². The zero-order valence-corrected chi connectivity index (χ0v) is 19.6. The monoisotopic (exact) mass is 447 g/mol. The van der Waals surface area contributed by atoms with Crippen LogP contribution in [0.3, 0.4) is 0 Å². The van der Waals surface area contributed by atoms with E-state index in [0.29, 0.717) is 12.6 Å². The molecule has 0 radical (unpaired) electrons. The molecular formula is C26H33N5O2. The van der Waals surface area contributed by atoms with Crippen LogP contribution in [0.5, 0.6) is 5.75 Å². The summed E-state index contributed by atoms with van der Waals surface area (Å²) in [5.41, 5.74) is 3.70. The molecule has 2 aliphatic heterocycles. The molecule has 5 rings (SSSR count). The first-order chi connectivity index (χ1) is 16.0. The quantitative estimate of drug-likeness (QED) is 0.602. The summed E-state index contributed by atoms with van der Waals surface area (Å²) >= 11 is 0. The zero-order chi connectivity index (χ0) is 22.8. The number of piperidine rings is 1. The summed E-state index contributed by atoms with van der Waals surface area (Å²) in [6, 6.07) is 12.2. The van der Waals surface area contributed by atoms with Gasteiger partial charge in [-0.05, 0) is 69.3 Å². The van der Waals surface area contributed by atoms with Crippen LogP contribution in [-0.4, -0.2) is 82.3 Å². The van der Waals surface area contributed by atoms with Crippen molar-refractivity contribution >= 4 is 11.6 Å². The Morgan fingerprint density at radius 2 is 1.82 bits per heavy atom. The Bertz CT molecular complexity index is 1100. The van der Waals surface area contributed by atoms with Crippen molar-refractivity contribution in [3.63, 3.8) is 0 Å². The molecule has 2 aliphatic rings. The van der Waals surface area contributed by atoms with Gasteiger partial charge in [0, 0.05) is 56.7 Å². The number of carbonyl (C=O) groups excluding carboxylic acids is 1. The maximum absolute atomic E-state index is 13.0. The highest BCUT2D eigenvalue weighted by Crippen LogP contribution is 2.19. The van der Waals surface area contributed by atoms with Crippen LogP contribution in [0.2, 0.25) is 0 Å². The minimum Gasteiger partial charge on any atom is -0.487 e. The SMILES string of the molecule is Cc1ccc2nc(COc3ccc(C(=O)N4CCN(C5CCCN(C)C5)CC4)cc3)cn2c1. The van der Waals surface area contributed by atoms with Gasteiger partial charge in [0.1, 0.15) is 18.0 Å². The van der Waals surface area contributed by atoms with Gasteiger partial charge >= 0.3 is 0 Å². The molecule has 7 nitrogen and oxygen atoms in total. The van der Waals surface area contributed by atoms with E-state index in [0.717, 1.165) is 55.4 Å². The van der Waals surface area contributed by atoms with Gasteiger partial charge in [-0.1, -0.05) is 6.07 Å². The second-order valence-electron chi connectivity index (χ2n) is 9.40. The number of aromatic nitrogens is 2. The molecule has 1 unspecified atom stereocenters. The van der Waals surface area contributed by atoms with E-state index in [1.165, 1.54) is 24.9 Å². The zero-order valence-electron chi connectivity index (χ0n) is 19.6. The Labute approximate surface area is 195 Å². The summed E-state index contributed by atoms with van der Waals surface area (Å²) in [7, 11) is 2.21. The van der Waals surface area contributed by atoms with Crippen LogP contribution in [0.15, 0.2) is 48.8 Å². The van der Waals surface area contributed by atoms with Crippen molar-refractivity contribution in [3.05, 3.63) is 65.6 Å². The van der Waals surface area contributed by atoms with Crippen LogP contribution >= 0.6 is 0 Å². The fourth-order valence-electron chi connectivity index (χ4n) is 4.99. The third kappa shape index (κ3) is 5.04. The third-order valence-electron chi connectivity index (χ3n) is 6.85. The van der Waals surface area contributed by atoms with Crippen LogP contribution in [0.25, 0.3) is 5.65 Å². The molecule has 3 aromatic rings. The second kappa shape index (κ2) is 9.53. The van der Waals surface area contributed by atoms with Crippen LogP contribution in [-0.2, 0) is 6.61 Å². The van der Waals surface area contributed by atoms with E-state index in [-0.39, 0.29) is 5.91 Å². The molecule has 2 fully saturated rings. The van der Waals surface area contributed by atoms with Crippen molar-refractivity contribution in [3.8, 4) is 5.75 Å². The molecule has 0 aliphatic carbocycles. The highest BCUT2D eigenvalue weighted by molar-refractivity contribution is 5.94. The van der Waals surface area contributed by atoms with Gasteiger partial charge in [0.15, 0.2) is 0 Å². The fraction of sp³-hybridized carbons (Fsp3) is 0.462. The Morgan fingerprint density at radius 3 is 2.58 bits per heavy atom. The van der Waals surface area contributed by atoms with Crippen molar-refractivity contribution in [2.24, 2.45) is 0 Å². The summed E-state index contributed by atoms with van der Waals surface area (Å²) in [4.78, 5) is 24.6. The van der Waals surface area contributed by atoms with E-state index in [4.69, 9.17) is 4.74 Å². The number of nitrogens with zero attached hydrogens (tertiary/aromatic N) is 5. The summed E-state index contributed by atoms with van der Waals surface area (Å²) in [6.07, 6.45) is 6.59. The molecule has 1 aromatic carbocycles. The smallest absolute Gasteiger partial charge is 0.253 e. The first-order valence-electron chi connectivity index (χ1n) is 11.9. The molecule has 0 N–H and O–H groups in total. The third-order valence-corrected chi connectivity index (χ3v) is 6.85. The number of likely N-dealkylation sites (tertiary alicyclic amines) is 1. The molecule has 2 saturated heterocycles. The number of rotatable bonds is 5. The van der Waals surface area contributed by atoms with E-state index < -0.39 is 0 Å². The lowest BCUT2D eigenvalue weighted by Gasteiger charge is -2.42. The van der Waals surface area contributed by atoms with Gasteiger partial charge < -0.3 is 18.9 Å². The first kappa shape index (κ1) is 21.9. The lowest BCUT2D eigenvalue weighted by Crippen LogP contribution is -2.55. The maximum Gasteiger partial charge on any atom is 0.253 e. The average molecular weight is 448 g/mol. The summed E-state index contributed by atoms with van der Waals surface area (Å²) < 4.78 is 7.93. The number of imidazole rings is 1. The highest BCUT2D eigenvalue weighted by atomic mass is 16.5. The minimum absolute atomic E-state index is 0.109. The number of hydrogen-bond donors (Lipinski definition) is 0. The summed E-state index contributed by atoms with van der Waals surface area (Å²) in [5, 5.41) is 0. The van der Waals surface area contributed by atoms with Gasteiger partial charge in [-0.3, -0.25) is 9.69 Å². The highest BCUT2D eigenvalue weighted by Gasteiger charge is 2.28. The standard InChI is InChI=1S/C26H33N5O2/c1-20-5-10-25-27-22(17-31(25)16-20)19-33-24-8-6-21(7-9-24)26(32)30-14-12-29(13-15-30)23-4-3-11-28(2)18-23/h5-10,16-17,23H,3-4,11-15,18-19H2,1-2H3. The Balaban J connectivity index is 1.13. The van der Waals surface area contributed by atoms with Gasteiger partial charge in [-0.25, -0.2) is 4.98 Å². The van der Waals surface area contributed by atoms with E-state index in [2.05, 4.69) is 41.0 Å². The number of amides is 1. The van der Waals surface area contributed by atoms with Gasteiger partial charge in [-0.2, -0.15) is 0 Å². The van der Waals surface area contributed by atoms with Crippen LogP contribution < -0.4 is 4.74 Å². The number of hydrogen-bond acceptors (Lipinski definition) is 5. The van der Waals surface area contributed by atoms with Gasteiger partial charge in [0.2, 0.25) is 0 Å². The number of benzene rings is 1. The molecule has 1 amide bonds. The molecule has 1 atom stereocenters. The van der Waals surface area contributed by atoms with Crippen LogP contribution in [0.4, 0.5) is 0 Å². The number of carbonyl (C=O) groups is 1. The van der Waals surface area contributed by atoms with Crippen molar-refractivity contribution in [2.75, 3.05) is 46.3 Å². The molecule has 0 spiro atoms. The van der Waals surface area contributed by atoms with Crippen LogP contribution in [0, 0.1) is 6.92 Å². The molecule has 2 aromatic heterocycles. The predicted molar refractivity (Wildman–Crippen MR) is 129 cm³/mol. The Hall–Kier alpha value is -2.90. The number of pyridine rings is 1. The number of fused-ring (bicyclic) bond motifs is 1. The molecule has 33 heavy (non-hydrogen) atoms. The predicted octanol–water partition coefficient (Wildman–Crippen LogP) is 3.07. The van der Waals surface area contributed by atoms with Gasteiger partial charge in [-0.15, -0.1) is 0 Å². The molecule has 7 heteroatoms. The van der Waals surface area contributed by atoms with Crippen molar-refractivity contribution in [2.45, 2.75) is 32.4 Å². The second-order valence-corrected chi connectivity index (χ2v) is 9.40. The Morgan fingerprint density at radius 1 is 1.03 bits per heavy atom. The maximum atomic E-state index is 13.0. The number of ether oxygens (including phenoxy) is 1. The van der Waals surface area contributed by atoms with E-state index >= 15 is 0 Å². The summed E-state index contributed by atoms with van der Waals surface area (Å²) in [5.74, 6) is 0.851. The average Bonchev–Trinajstić information content (AvgIpc) is 3.25. The summed E-state index contributed by atoms with van der Waals surface area (Å²) in [6.45, 7) is 8.32. The minimum atomic E-state index is 0.109. The van der Waals surface area contributed by atoms with E-state index in [1.807, 2.05) is 45.8 Å². The number of piperazine rings is 1. The first-order valence-corrected chi connectivity index (χ1v) is 11.9. The van der Waals surface area contributed by atoms with Gasteiger partial charge in [0.25, 0.3) is 5.91 Å². The molecule has 0 saturated carbocycles. The van der Waals surface area contributed by atoms with Gasteiger partial charge in [0.05, 0.1) is 5.69 Å². The molecular weight excluding hydrogens is 414 g/mol. The lowest BCUT2D eigenvalue weighted by molar-refractivity contribution is 0.0452. The van der Waals surface area contributed by atoms with E-state index in [9.17, 15) is 4.79 Å². The molecule has 4 heterocycles. The molecule has 0 bridgehead atoms.